The van der Waals surface area contributed by atoms with Gasteiger partial charge in [-0.3, -0.25) is 4.90 Å². The maximum absolute atomic E-state index is 9.40. The topological polar surface area (TPSA) is 27.0 Å². The van der Waals surface area contributed by atoms with Gasteiger partial charge in [0.05, 0.1) is 12.0 Å². The third-order valence-corrected chi connectivity index (χ3v) is 4.04. The van der Waals surface area contributed by atoms with Crippen molar-refractivity contribution in [2.24, 2.45) is 5.92 Å². The molecule has 0 spiro atoms. The Kier molecular flexibility index (Phi) is 5.38. The van der Waals surface area contributed by atoms with E-state index in [1.54, 1.807) is 0 Å². The Morgan fingerprint density at radius 2 is 1.57 bits per heavy atom. The van der Waals surface area contributed by atoms with Crippen LogP contribution in [0.4, 0.5) is 0 Å². The zero-order valence-electron chi connectivity index (χ0n) is 11.9. The molecule has 2 aromatic rings. The van der Waals surface area contributed by atoms with Crippen LogP contribution in [0.2, 0.25) is 0 Å². The van der Waals surface area contributed by atoms with Crippen molar-refractivity contribution in [3.63, 3.8) is 0 Å². The van der Waals surface area contributed by atoms with Crippen LogP contribution in [0.25, 0.3) is 0 Å². The van der Waals surface area contributed by atoms with Crippen molar-refractivity contribution in [2.45, 2.75) is 12.5 Å². The number of benzene rings is 2. The molecule has 0 radical (unpaired) electrons. The van der Waals surface area contributed by atoms with Crippen molar-refractivity contribution in [3.8, 4) is 6.07 Å². The largest absolute Gasteiger partial charge is 0.297 e. The summed E-state index contributed by atoms with van der Waals surface area (Å²) >= 11 is 0. The summed E-state index contributed by atoms with van der Waals surface area (Å²) in [6.07, 6.45) is 0. The minimum absolute atomic E-state index is 0. The number of nitrogens with zero attached hydrogens (tertiary/aromatic N) is 2. The average molecular weight is 299 g/mol. The summed E-state index contributed by atoms with van der Waals surface area (Å²) in [4.78, 5) is 2.39. The van der Waals surface area contributed by atoms with Crippen molar-refractivity contribution in [2.75, 3.05) is 13.1 Å². The number of likely N-dealkylation sites (tertiary alicyclic amines) is 1. The SMILES string of the molecule is Cl.N#C[C@H]1CN(Cc2ccccc2)C[C@@H]1c1ccccc1. The van der Waals surface area contributed by atoms with Gasteiger partial charge in [0.2, 0.25) is 0 Å². The highest BCUT2D eigenvalue weighted by Crippen LogP contribution is 2.32. The molecular weight excluding hydrogens is 280 g/mol. The lowest BCUT2D eigenvalue weighted by atomic mass is 9.90. The van der Waals surface area contributed by atoms with E-state index in [1.165, 1.54) is 11.1 Å². The van der Waals surface area contributed by atoms with E-state index in [9.17, 15) is 5.26 Å². The number of rotatable bonds is 3. The van der Waals surface area contributed by atoms with Crippen molar-refractivity contribution in [1.29, 1.82) is 5.26 Å². The molecule has 1 aliphatic heterocycles. The van der Waals surface area contributed by atoms with Gasteiger partial charge in [0.25, 0.3) is 0 Å². The van der Waals surface area contributed by atoms with Crippen LogP contribution in [0.5, 0.6) is 0 Å². The quantitative estimate of drug-likeness (QED) is 0.860. The lowest BCUT2D eigenvalue weighted by Crippen LogP contribution is -2.20. The predicted molar refractivity (Wildman–Crippen MR) is 87.3 cm³/mol. The Labute approximate surface area is 132 Å². The molecule has 0 saturated carbocycles. The second kappa shape index (κ2) is 7.26. The highest BCUT2D eigenvalue weighted by atomic mass is 35.5. The highest BCUT2D eigenvalue weighted by molar-refractivity contribution is 5.85. The van der Waals surface area contributed by atoms with Gasteiger partial charge in [-0.15, -0.1) is 12.4 Å². The summed E-state index contributed by atoms with van der Waals surface area (Å²) in [6.45, 7) is 2.77. The van der Waals surface area contributed by atoms with Crippen LogP contribution in [-0.4, -0.2) is 18.0 Å². The molecule has 2 nitrogen and oxygen atoms in total. The molecular formula is C18H19ClN2. The molecule has 108 valence electrons. The number of nitriles is 1. The summed E-state index contributed by atoms with van der Waals surface area (Å²) in [5.74, 6) is 0.436. The van der Waals surface area contributed by atoms with E-state index < -0.39 is 0 Å². The monoisotopic (exact) mass is 298 g/mol. The second-order valence-corrected chi connectivity index (χ2v) is 5.43. The first-order chi connectivity index (χ1) is 9.86. The van der Waals surface area contributed by atoms with E-state index >= 15 is 0 Å². The van der Waals surface area contributed by atoms with E-state index in [0.29, 0.717) is 5.92 Å². The van der Waals surface area contributed by atoms with Crippen molar-refractivity contribution >= 4 is 12.4 Å². The predicted octanol–water partition coefficient (Wildman–Crippen LogP) is 3.85. The van der Waals surface area contributed by atoms with Gasteiger partial charge in [0.1, 0.15) is 0 Å². The normalized spacial score (nSPS) is 21.5. The van der Waals surface area contributed by atoms with Gasteiger partial charge in [-0.1, -0.05) is 60.7 Å². The summed E-state index contributed by atoms with van der Waals surface area (Å²) in [5.41, 5.74) is 2.60. The number of hydrogen-bond acceptors (Lipinski definition) is 2. The molecule has 0 aliphatic carbocycles. The number of hydrogen-bond donors (Lipinski definition) is 0. The standard InChI is InChI=1S/C18H18N2.ClH/c19-11-17-13-20(12-15-7-3-1-4-8-15)14-18(17)16-9-5-2-6-10-16;/h1-10,17-18H,12-14H2;1H/t17-,18+;/m0./s1. The van der Waals surface area contributed by atoms with Gasteiger partial charge in [-0.2, -0.15) is 5.26 Å². The van der Waals surface area contributed by atoms with Crippen LogP contribution >= 0.6 is 12.4 Å². The van der Waals surface area contributed by atoms with Crippen LogP contribution in [0.1, 0.15) is 17.0 Å². The molecule has 3 heteroatoms. The molecule has 0 N–H and O–H groups in total. The number of halogens is 1. The smallest absolute Gasteiger partial charge is 0.0676 e. The molecule has 1 heterocycles. The minimum atomic E-state index is 0. The lowest BCUT2D eigenvalue weighted by molar-refractivity contribution is 0.322. The Bertz CT molecular complexity index is 592. The van der Waals surface area contributed by atoms with E-state index in [-0.39, 0.29) is 18.3 Å². The van der Waals surface area contributed by atoms with Gasteiger partial charge in [0.15, 0.2) is 0 Å². The molecule has 0 aromatic heterocycles. The Morgan fingerprint density at radius 3 is 2.19 bits per heavy atom. The van der Waals surface area contributed by atoms with Gasteiger partial charge < -0.3 is 0 Å². The van der Waals surface area contributed by atoms with Crippen molar-refractivity contribution < 1.29 is 0 Å². The molecule has 1 saturated heterocycles. The van der Waals surface area contributed by atoms with Gasteiger partial charge in [-0.05, 0) is 11.1 Å². The molecule has 0 bridgehead atoms. The first-order valence-corrected chi connectivity index (χ1v) is 7.07. The van der Waals surface area contributed by atoms with Gasteiger partial charge in [-0.25, -0.2) is 0 Å². The summed E-state index contributed by atoms with van der Waals surface area (Å²) in [5, 5.41) is 9.40. The second-order valence-electron chi connectivity index (χ2n) is 5.43. The lowest BCUT2D eigenvalue weighted by Gasteiger charge is -2.16. The first kappa shape index (κ1) is 15.6. The molecule has 1 fully saturated rings. The maximum Gasteiger partial charge on any atom is 0.0676 e. The third-order valence-electron chi connectivity index (χ3n) is 4.04. The maximum atomic E-state index is 9.40. The van der Waals surface area contributed by atoms with Gasteiger partial charge in [0, 0.05) is 25.6 Å². The van der Waals surface area contributed by atoms with Crippen molar-refractivity contribution in [3.05, 3.63) is 71.8 Å². The highest BCUT2D eigenvalue weighted by Gasteiger charge is 2.33. The Balaban J connectivity index is 0.00000161. The summed E-state index contributed by atoms with van der Waals surface area (Å²) in [7, 11) is 0. The van der Waals surface area contributed by atoms with Crippen LogP contribution in [0.3, 0.4) is 0 Å². The third kappa shape index (κ3) is 3.64. The first-order valence-electron chi connectivity index (χ1n) is 7.07. The molecule has 2 aromatic carbocycles. The fourth-order valence-electron chi connectivity index (χ4n) is 3.02. The van der Waals surface area contributed by atoms with Crippen LogP contribution < -0.4 is 0 Å². The minimum Gasteiger partial charge on any atom is -0.297 e. The molecule has 0 amide bonds. The zero-order chi connectivity index (χ0) is 13.8. The molecule has 3 rings (SSSR count). The van der Waals surface area contributed by atoms with Crippen LogP contribution in [0.15, 0.2) is 60.7 Å². The van der Waals surface area contributed by atoms with E-state index in [4.69, 9.17) is 0 Å². The van der Waals surface area contributed by atoms with Gasteiger partial charge >= 0.3 is 0 Å². The fourth-order valence-corrected chi connectivity index (χ4v) is 3.02. The summed E-state index contributed by atoms with van der Waals surface area (Å²) in [6, 6.07) is 23.4. The van der Waals surface area contributed by atoms with Crippen molar-refractivity contribution in [1.82, 2.24) is 4.90 Å². The molecule has 0 unspecified atom stereocenters. The van der Waals surface area contributed by atoms with E-state index in [0.717, 1.165) is 19.6 Å². The molecule has 1 aliphatic rings. The Morgan fingerprint density at radius 1 is 0.952 bits per heavy atom. The van der Waals surface area contributed by atoms with Crippen LogP contribution in [0, 0.1) is 17.2 Å². The summed E-state index contributed by atoms with van der Waals surface area (Å²) < 4.78 is 0. The van der Waals surface area contributed by atoms with Crippen LogP contribution in [-0.2, 0) is 6.54 Å². The average Bonchev–Trinajstić information content (AvgIpc) is 2.92. The zero-order valence-corrected chi connectivity index (χ0v) is 12.7. The molecule has 21 heavy (non-hydrogen) atoms. The molecule has 2 atom stereocenters. The van der Waals surface area contributed by atoms with E-state index in [1.807, 2.05) is 12.1 Å². The van der Waals surface area contributed by atoms with E-state index in [2.05, 4.69) is 59.5 Å². The fraction of sp³-hybridized carbons (Fsp3) is 0.278. The Hall–Kier alpha value is -1.82.